The number of benzene rings is 3. The average Bonchev–Trinajstić information content (AvgIpc) is 3.34. The van der Waals surface area contributed by atoms with Gasteiger partial charge in [0.15, 0.2) is 11.5 Å². The van der Waals surface area contributed by atoms with Gasteiger partial charge in [-0.1, -0.05) is 60.2 Å². The molecule has 7 nitrogen and oxygen atoms in total. The van der Waals surface area contributed by atoms with Crippen molar-refractivity contribution >= 4 is 17.6 Å². The molecule has 0 saturated carbocycles. The van der Waals surface area contributed by atoms with Crippen LogP contribution in [-0.4, -0.2) is 44.1 Å². The molecule has 0 unspecified atom stereocenters. The van der Waals surface area contributed by atoms with E-state index in [-0.39, 0.29) is 17.9 Å². The van der Waals surface area contributed by atoms with Crippen molar-refractivity contribution in [2.45, 2.75) is 19.4 Å². The van der Waals surface area contributed by atoms with Gasteiger partial charge in [-0.25, -0.2) is 4.79 Å². The summed E-state index contributed by atoms with van der Waals surface area (Å²) in [5, 5.41) is 6.00. The lowest BCUT2D eigenvalue weighted by atomic mass is 9.87. The van der Waals surface area contributed by atoms with Gasteiger partial charge in [0.2, 0.25) is 5.91 Å². The van der Waals surface area contributed by atoms with Crippen LogP contribution in [0.25, 0.3) is 0 Å². The molecule has 0 bridgehead atoms. The maximum Gasteiger partial charge on any atom is 0.321 e. The van der Waals surface area contributed by atoms with Crippen LogP contribution < -0.4 is 20.1 Å². The van der Waals surface area contributed by atoms with Gasteiger partial charge in [0.1, 0.15) is 0 Å². The molecule has 0 aliphatic carbocycles. The number of amides is 3. The van der Waals surface area contributed by atoms with Crippen LogP contribution in [0.3, 0.4) is 0 Å². The van der Waals surface area contributed by atoms with Crippen LogP contribution in [0.1, 0.15) is 22.6 Å². The van der Waals surface area contributed by atoms with E-state index in [0.29, 0.717) is 36.8 Å². The maximum atomic E-state index is 13.4. The zero-order valence-corrected chi connectivity index (χ0v) is 20.3. The van der Waals surface area contributed by atoms with Crippen LogP contribution in [-0.2, 0) is 11.3 Å². The molecule has 2 N–H and O–H groups in total. The highest BCUT2D eigenvalue weighted by molar-refractivity contribution is 5.91. The van der Waals surface area contributed by atoms with Crippen molar-refractivity contribution in [3.63, 3.8) is 0 Å². The van der Waals surface area contributed by atoms with Crippen molar-refractivity contribution in [2.75, 3.05) is 32.6 Å². The Balaban J connectivity index is 1.57. The van der Waals surface area contributed by atoms with E-state index in [1.165, 1.54) is 0 Å². The second-order valence-electron chi connectivity index (χ2n) is 8.70. The number of para-hydroxylation sites is 1. The van der Waals surface area contributed by atoms with E-state index in [4.69, 9.17) is 9.47 Å². The van der Waals surface area contributed by atoms with E-state index in [2.05, 4.69) is 10.6 Å². The zero-order chi connectivity index (χ0) is 24.8. The van der Waals surface area contributed by atoms with Crippen molar-refractivity contribution < 1.29 is 19.1 Å². The van der Waals surface area contributed by atoms with Crippen molar-refractivity contribution in [3.8, 4) is 11.5 Å². The Morgan fingerprint density at radius 3 is 2.34 bits per heavy atom. The predicted octanol–water partition coefficient (Wildman–Crippen LogP) is 4.58. The lowest BCUT2D eigenvalue weighted by Crippen LogP contribution is -2.36. The van der Waals surface area contributed by atoms with Crippen molar-refractivity contribution in [1.29, 1.82) is 0 Å². The number of anilines is 1. The van der Waals surface area contributed by atoms with Gasteiger partial charge >= 0.3 is 6.03 Å². The van der Waals surface area contributed by atoms with E-state index in [1.54, 1.807) is 19.1 Å². The third-order valence-electron chi connectivity index (χ3n) is 6.39. The number of likely N-dealkylation sites (tertiary alicyclic amines) is 1. The number of carbonyl (C=O) groups excluding carboxylic acids is 2. The number of methoxy groups -OCH3 is 2. The number of rotatable bonds is 7. The molecule has 2 atom stereocenters. The summed E-state index contributed by atoms with van der Waals surface area (Å²) in [4.78, 5) is 28.2. The van der Waals surface area contributed by atoms with Crippen LogP contribution >= 0.6 is 0 Å². The number of nitrogens with one attached hydrogen (secondary N) is 2. The Morgan fingerprint density at radius 2 is 1.66 bits per heavy atom. The van der Waals surface area contributed by atoms with Gasteiger partial charge in [0, 0.05) is 36.8 Å². The molecular weight excluding hydrogens is 442 g/mol. The molecule has 1 aliphatic heterocycles. The van der Waals surface area contributed by atoms with Crippen LogP contribution in [0.5, 0.6) is 11.5 Å². The molecular formula is C28H31N3O4. The highest BCUT2D eigenvalue weighted by Crippen LogP contribution is 2.42. The summed E-state index contributed by atoms with van der Waals surface area (Å²) in [5.74, 6) is 0.384. The first-order valence-corrected chi connectivity index (χ1v) is 11.6. The summed E-state index contributed by atoms with van der Waals surface area (Å²) in [5.41, 5.74) is 3.69. The number of hydrogen-bond donors (Lipinski definition) is 2. The molecule has 3 aromatic rings. The minimum absolute atomic E-state index is 0.102. The summed E-state index contributed by atoms with van der Waals surface area (Å²) >= 11 is 0. The number of aryl methyl sites for hydroxylation is 1. The first-order chi connectivity index (χ1) is 17.0. The molecule has 1 fully saturated rings. The third-order valence-corrected chi connectivity index (χ3v) is 6.39. The second kappa shape index (κ2) is 11.0. The summed E-state index contributed by atoms with van der Waals surface area (Å²) in [6.07, 6.45) is 0. The Labute approximate surface area is 206 Å². The SMILES string of the molecule is COc1cccc([C@H]2CN(C(=O)Nc3ccc(C)cc3)C[C@@H]2C(=O)NCc2ccccc2)c1OC. The Hall–Kier alpha value is -4.00. The van der Waals surface area contributed by atoms with Gasteiger partial charge < -0.3 is 25.0 Å². The average molecular weight is 474 g/mol. The van der Waals surface area contributed by atoms with E-state index in [0.717, 1.165) is 16.7 Å². The predicted molar refractivity (Wildman–Crippen MR) is 136 cm³/mol. The number of carbonyl (C=O) groups is 2. The summed E-state index contributed by atoms with van der Waals surface area (Å²) in [6.45, 7) is 3.10. The Bertz CT molecular complexity index is 1160. The van der Waals surface area contributed by atoms with Crippen LogP contribution in [0, 0.1) is 12.8 Å². The molecule has 0 radical (unpaired) electrons. The molecule has 4 rings (SSSR count). The molecule has 3 aromatic carbocycles. The van der Waals surface area contributed by atoms with Gasteiger partial charge in [0.25, 0.3) is 0 Å². The molecule has 0 spiro atoms. The standard InChI is InChI=1S/C28H31N3O4/c1-19-12-14-21(15-13-19)30-28(33)31-17-23(22-10-7-11-25(34-2)26(22)35-3)24(18-31)27(32)29-16-20-8-5-4-6-9-20/h4-15,23-24H,16-18H2,1-3H3,(H,29,32)(H,30,33)/t23-,24+/m1/s1. The second-order valence-corrected chi connectivity index (χ2v) is 8.70. The minimum Gasteiger partial charge on any atom is -0.493 e. The smallest absolute Gasteiger partial charge is 0.321 e. The molecule has 3 amide bonds. The minimum atomic E-state index is -0.441. The zero-order valence-electron chi connectivity index (χ0n) is 20.3. The lowest BCUT2D eigenvalue weighted by Gasteiger charge is -2.21. The largest absolute Gasteiger partial charge is 0.493 e. The summed E-state index contributed by atoms with van der Waals surface area (Å²) < 4.78 is 11.1. The topological polar surface area (TPSA) is 79.9 Å². The maximum absolute atomic E-state index is 13.4. The van der Waals surface area contributed by atoms with Gasteiger partial charge in [-0.2, -0.15) is 0 Å². The monoisotopic (exact) mass is 473 g/mol. The van der Waals surface area contributed by atoms with Gasteiger partial charge in [-0.3, -0.25) is 4.79 Å². The number of ether oxygens (including phenoxy) is 2. The fraction of sp³-hybridized carbons (Fsp3) is 0.286. The third kappa shape index (κ3) is 5.57. The first-order valence-electron chi connectivity index (χ1n) is 11.6. The van der Waals surface area contributed by atoms with Gasteiger partial charge in [-0.15, -0.1) is 0 Å². The van der Waals surface area contributed by atoms with E-state index >= 15 is 0 Å². The summed E-state index contributed by atoms with van der Waals surface area (Å²) in [7, 11) is 3.17. The Morgan fingerprint density at radius 1 is 0.914 bits per heavy atom. The normalized spacial score (nSPS) is 17.1. The molecule has 0 aromatic heterocycles. The van der Waals surface area contributed by atoms with E-state index < -0.39 is 5.92 Å². The molecule has 1 saturated heterocycles. The van der Waals surface area contributed by atoms with E-state index in [9.17, 15) is 9.59 Å². The first kappa shape index (κ1) is 24.1. The fourth-order valence-corrected chi connectivity index (χ4v) is 4.51. The molecule has 1 aliphatic rings. The van der Waals surface area contributed by atoms with Crippen molar-refractivity contribution in [1.82, 2.24) is 10.2 Å². The molecule has 7 heteroatoms. The molecule has 182 valence electrons. The number of nitrogens with zero attached hydrogens (tertiary/aromatic N) is 1. The Kier molecular flexibility index (Phi) is 7.55. The van der Waals surface area contributed by atoms with Crippen molar-refractivity contribution in [3.05, 3.63) is 89.5 Å². The van der Waals surface area contributed by atoms with Gasteiger partial charge in [-0.05, 0) is 30.7 Å². The van der Waals surface area contributed by atoms with Crippen molar-refractivity contribution in [2.24, 2.45) is 5.92 Å². The molecule has 1 heterocycles. The van der Waals surface area contributed by atoms with Crippen LogP contribution in [0.2, 0.25) is 0 Å². The highest BCUT2D eigenvalue weighted by Gasteiger charge is 2.42. The van der Waals surface area contributed by atoms with Crippen LogP contribution in [0.4, 0.5) is 10.5 Å². The summed E-state index contributed by atoms with van der Waals surface area (Å²) in [6, 6.07) is 22.8. The number of urea groups is 1. The quantitative estimate of drug-likeness (QED) is 0.527. The number of hydrogen-bond acceptors (Lipinski definition) is 4. The van der Waals surface area contributed by atoms with Crippen LogP contribution in [0.15, 0.2) is 72.8 Å². The molecule has 35 heavy (non-hydrogen) atoms. The lowest BCUT2D eigenvalue weighted by molar-refractivity contribution is -0.125. The fourth-order valence-electron chi connectivity index (χ4n) is 4.51. The highest BCUT2D eigenvalue weighted by atomic mass is 16.5. The van der Waals surface area contributed by atoms with E-state index in [1.807, 2.05) is 79.7 Å². The van der Waals surface area contributed by atoms with Gasteiger partial charge in [0.05, 0.1) is 20.1 Å².